The van der Waals surface area contributed by atoms with E-state index in [-0.39, 0.29) is 17.4 Å². The Labute approximate surface area is 105 Å². The lowest BCUT2D eigenvalue weighted by Gasteiger charge is -2.20. The van der Waals surface area contributed by atoms with Crippen LogP contribution < -0.4 is 5.32 Å². The molecular weight excluding hydrogens is 236 g/mol. The zero-order chi connectivity index (χ0) is 13.7. The van der Waals surface area contributed by atoms with Gasteiger partial charge in [-0.1, -0.05) is 0 Å². The smallest absolute Gasteiger partial charge is 0.311 e. The van der Waals surface area contributed by atoms with Crippen LogP contribution in [0.3, 0.4) is 0 Å². The molecular formula is C11H16N4O3. The molecule has 7 heteroatoms. The molecule has 1 heterocycles. The minimum Gasteiger partial charge on any atom is -0.353 e. The Bertz CT molecular complexity index is 450. The van der Waals surface area contributed by atoms with Crippen LogP contribution in [0.2, 0.25) is 0 Å². The van der Waals surface area contributed by atoms with Crippen molar-refractivity contribution in [2.45, 2.75) is 19.9 Å². The van der Waals surface area contributed by atoms with Gasteiger partial charge in [-0.15, -0.1) is 0 Å². The maximum atomic E-state index is 11.8. The molecule has 1 unspecified atom stereocenters. The number of amides is 1. The molecule has 1 atom stereocenters. The fourth-order valence-corrected chi connectivity index (χ4v) is 1.41. The molecule has 98 valence electrons. The van der Waals surface area contributed by atoms with Crippen molar-refractivity contribution < 1.29 is 9.72 Å². The summed E-state index contributed by atoms with van der Waals surface area (Å²) >= 11 is 0. The molecule has 0 saturated carbocycles. The van der Waals surface area contributed by atoms with Gasteiger partial charge in [0.1, 0.15) is 6.04 Å². The first-order chi connectivity index (χ1) is 8.47. The van der Waals surface area contributed by atoms with E-state index in [1.165, 1.54) is 23.2 Å². The molecule has 0 aliphatic heterocycles. The van der Waals surface area contributed by atoms with Gasteiger partial charge in [0.25, 0.3) is 0 Å². The number of anilines is 1. The van der Waals surface area contributed by atoms with Crippen molar-refractivity contribution >= 4 is 17.4 Å². The Kier molecular flexibility index (Phi) is 4.59. The third kappa shape index (κ3) is 3.16. The van der Waals surface area contributed by atoms with Crippen molar-refractivity contribution in [1.29, 1.82) is 0 Å². The standard InChI is InChI=1S/C11H16N4O3/c1-4-14(3)11(16)8(2)13-10-9(15(17)18)6-5-7-12-10/h5-8H,4H2,1-3H3,(H,12,13). The zero-order valence-corrected chi connectivity index (χ0v) is 10.6. The van der Waals surface area contributed by atoms with Crippen LogP contribution in [0, 0.1) is 10.1 Å². The third-order valence-corrected chi connectivity index (χ3v) is 2.56. The monoisotopic (exact) mass is 252 g/mol. The van der Waals surface area contributed by atoms with Crippen molar-refractivity contribution in [1.82, 2.24) is 9.88 Å². The molecule has 1 amide bonds. The van der Waals surface area contributed by atoms with Crippen molar-refractivity contribution in [2.24, 2.45) is 0 Å². The fraction of sp³-hybridized carbons (Fsp3) is 0.455. The molecule has 0 spiro atoms. The SMILES string of the molecule is CCN(C)C(=O)C(C)Nc1ncccc1[N+](=O)[O-]. The number of aromatic nitrogens is 1. The van der Waals surface area contributed by atoms with E-state index in [1.807, 2.05) is 6.92 Å². The summed E-state index contributed by atoms with van der Waals surface area (Å²) in [4.78, 5) is 27.5. The van der Waals surface area contributed by atoms with Crippen LogP contribution in [-0.4, -0.2) is 40.3 Å². The number of nitro groups is 1. The van der Waals surface area contributed by atoms with Crippen LogP contribution >= 0.6 is 0 Å². The number of hydrogen-bond acceptors (Lipinski definition) is 5. The van der Waals surface area contributed by atoms with Gasteiger partial charge in [-0.05, 0) is 19.9 Å². The summed E-state index contributed by atoms with van der Waals surface area (Å²) in [5.74, 6) is -0.0368. The highest BCUT2D eigenvalue weighted by Crippen LogP contribution is 2.21. The van der Waals surface area contributed by atoms with E-state index in [0.717, 1.165) is 0 Å². The molecule has 0 fully saturated rings. The summed E-state index contributed by atoms with van der Waals surface area (Å²) in [5.41, 5.74) is -0.142. The Balaban J connectivity index is 2.85. The lowest BCUT2D eigenvalue weighted by Crippen LogP contribution is -2.39. The van der Waals surface area contributed by atoms with E-state index in [2.05, 4.69) is 10.3 Å². The van der Waals surface area contributed by atoms with Crippen LogP contribution in [-0.2, 0) is 4.79 Å². The summed E-state index contributed by atoms with van der Waals surface area (Å²) in [6, 6.07) is 2.26. The highest BCUT2D eigenvalue weighted by atomic mass is 16.6. The zero-order valence-electron chi connectivity index (χ0n) is 10.6. The van der Waals surface area contributed by atoms with E-state index in [0.29, 0.717) is 6.54 Å². The molecule has 0 radical (unpaired) electrons. The predicted octanol–water partition coefficient (Wildman–Crippen LogP) is 1.27. The number of carbonyl (C=O) groups is 1. The lowest BCUT2D eigenvalue weighted by molar-refractivity contribution is -0.384. The van der Waals surface area contributed by atoms with Gasteiger partial charge in [-0.3, -0.25) is 14.9 Å². The van der Waals surface area contributed by atoms with Gasteiger partial charge in [-0.2, -0.15) is 0 Å². The summed E-state index contributed by atoms with van der Waals surface area (Å²) in [7, 11) is 1.67. The van der Waals surface area contributed by atoms with Crippen LogP contribution in [0.4, 0.5) is 11.5 Å². The fourth-order valence-electron chi connectivity index (χ4n) is 1.41. The first-order valence-electron chi connectivity index (χ1n) is 5.58. The number of pyridine rings is 1. The molecule has 18 heavy (non-hydrogen) atoms. The highest BCUT2D eigenvalue weighted by molar-refractivity contribution is 5.84. The predicted molar refractivity (Wildman–Crippen MR) is 67.3 cm³/mol. The summed E-state index contributed by atoms with van der Waals surface area (Å²) in [6.07, 6.45) is 1.44. The number of nitrogens with zero attached hydrogens (tertiary/aromatic N) is 3. The van der Waals surface area contributed by atoms with Gasteiger partial charge < -0.3 is 10.2 Å². The first-order valence-corrected chi connectivity index (χ1v) is 5.58. The van der Waals surface area contributed by atoms with Crippen LogP contribution in [0.5, 0.6) is 0 Å². The van der Waals surface area contributed by atoms with Gasteiger partial charge in [0.2, 0.25) is 11.7 Å². The van der Waals surface area contributed by atoms with Crippen molar-refractivity contribution in [3.05, 3.63) is 28.4 Å². The summed E-state index contributed by atoms with van der Waals surface area (Å²) in [6.45, 7) is 4.08. The molecule has 0 aliphatic carbocycles. The number of hydrogen-bond donors (Lipinski definition) is 1. The molecule has 1 rings (SSSR count). The molecule has 1 N–H and O–H groups in total. The van der Waals surface area contributed by atoms with Crippen molar-refractivity contribution in [3.63, 3.8) is 0 Å². The number of carbonyl (C=O) groups excluding carboxylic acids is 1. The first kappa shape index (κ1) is 13.9. The van der Waals surface area contributed by atoms with E-state index < -0.39 is 11.0 Å². The molecule has 1 aromatic heterocycles. The second-order valence-corrected chi connectivity index (χ2v) is 3.85. The van der Waals surface area contributed by atoms with Gasteiger partial charge in [0, 0.05) is 25.9 Å². The number of likely N-dealkylation sites (N-methyl/N-ethyl adjacent to an activating group) is 1. The highest BCUT2D eigenvalue weighted by Gasteiger charge is 2.21. The molecule has 7 nitrogen and oxygen atoms in total. The third-order valence-electron chi connectivity index (χ3n) is 2.56. The summed E-state index contributed by atoms with van der Waals surface area (Å²) < 4.78 is 0. The Morgan fingerprint density at radius 3 is 2.89 bits per heavy atom. The van der Waals surface area contributed by atoms with Crippen LogP contribution in [0.1, 0.15) is 13.8 Å². The van der Waals surface area contributed by atoms with E-state index in [9.17, 15) is 14.9 Å². The normalized spacial score (nSPS) is 11.7. The second-order valence-electron chi connectivity index (χ2n) is 3.85. The van der Waals surface area contributed by atoms with Crippen LogP contribution in [0.25, 0.3) is 0 Å². The number of rotatable bonds is 5. The Morgan fingerprint density at radius 2 is 2.33 bits per heavy atom. The summed E-state index contributed by atoms with van der Waals surface area (Å²) in [5, 5.41) is 13.6. The second kappa shape index (κ2) is 5.95. The van der Waals surface area contributed by atoms with E-state index in [1.54, 1.807) is 14.0 Å². The average Bonchev–Trinajstić information content (AvgIpc) is 2.37. The lowest BCUT2D eigenvalue weighted by atomic mass is 10.2. The van der Waals surface area contributed by atoms with Gasteiger partial charge in [0.15, 0.2) is 0 Å². The van der Waals surface area contributed by atoms with Crippen molar-refractivity contribution in [3.8, 4) is 0 Å². The average molecular weight is 252 g/mol. The van der Waals surface area contributed by atoms with Crippen molar-refractivity contribution in [2.75, 3.05) is 18.9 Å². The Morgan fingerprint density at radius 1 is 1.67 bits per heavy atom. The minimum absolute atomic E-state index is 0.104. The molecule has 1 aromatic rings. The van der Waals surface area contributed by atoms with E-state index >= 15 is 0 Å². The van der Waals surface area contributed by atoms with Gasteiger partial charge in [0.05, 0.1) is 4.92 Å². The minimum atomic E-state index is -0.566. The van der Waals surface area contributed by atoms with Gasteiger partial charge >= 0.3 is 5.69 Å². The van der Waals surface area contributed by atoms with E-state index in [4.69, 9.17) is 0 Å². The maximum Gasteiger partial charge on any atom is 0.311 e. The molecule has 0 aliphatic rings. The van der Waals surface area contributed by atoms with Crippen LogP contribution in [0.15, 0.2) is 18.3 Å². The van der Waals surface area contributed by atoms with Gasteiger partial charge in [-0.25, -0.2) is 4.98 Å². The molecule has 0 bridgehead atoms. The largest absolute Gasteiger partial charge is 0.353 e. The molecule has 0 aromatic carbocycles. The molecule has 0 saturated heterocycles. The maximum absolute atomic E-state index is 11.8. The topological polar surface area (TPSA) is 88.4 Å². The quantitative estimate of drug-likeness (QED) is 0.629. The number of nitrogens with one attached hydrogen (secondary N) is 1. The Hall–Kier alpha value is -2.18.